The molecule has 0 aromatic heterocycles. The van der Waals surface area contributed by atoms with Crippen molar-refractivity contribution in [3.05, 3.63) is 94.5 Å². The van der Waals surface area contributed by atoms with E-state index in [0.717, 1.165) is 0 Å². The van der Waals surface area contributed by atoms with Crippen LogP contribution in [0.25, 0.3) is 0 Å². The smallest absolute Gasteiger partial charge is 0.325 e. The average molecular weight is 551 g/mol. The van der Waals surface area contributed by atoms with Gasteiger partial charge >= 0.3 is 12.4 Å². The molecule has 0 radical (unpaired) electrons. The van der Waals surface area contributed by atoms with Crippen molar-refractivity contribution in [2.45, 2.75) is 29.7 Å². The van der Waals surface area contributed by atoms with Gasteiger partial charge in [0, 0.05) is 10.7 Å². The Kier molecular flexibility index (Phi) is 8.01. The Balaban J connectivity index is 1.96. The van der Waals surface area contributed by atoms with Crippen LogP contribution in [0.5, 0.6) is 0 Å². The van der Waals surface area contributed by atoms with E-state index in [2.05, 4.69) is 4.72 Å². The summed E-state index contributed by atoms with van der Waals surface area (Å²) in [5.41, 5.74) is -3.58. The highest BCUT2D eigenvalue weighted by Gasteiger charge is 2.37. The van der Waals surface area contributed by atoms with Crippen molar-refractivity contribution in [1.82, 2.24) is 4.72 Å². The van der Waals surface area contributed by atoms with Gasteiger partial charge in [-0.3, -0.25) is 4.79 Å². The molecule has 3 rings (SSSR count). The number of rotatable bonds is 7. The summed E-state index contributed by atoms with van der Waals surface area (Å²) in [5, 5.41) is 2.23. The van der Waals surface area contributed by atoms with Crippen LogP contribution in [-0.4, -0.2) is 20.4 Å². The molecule has 1 amide bonds. The molecule has 0 unspecified atom stereocenters. The fourth-order valence-corrected chi connectivity index (χ4v) is 4.48. The molecule has 0 saturated heterocycles. The zero-order valence-corrected chi connectivity index (χ0v) is 19.6. The normalized spacial score (nSPS) is 13.3. The Labute approximate surface area is 207 Å². The van der Waals surface area contributed by atoms with Gasteiger partial charge in [0.15, 0.2) is 0 Å². The number of anilines is 1. The van der Waals surface area contributed by atoms with Gasteiger partial charge in [0.2, 0.25) is 15.9 Å². The zero-order valence-electron chi connectivity index (χ0n) is 18.0. The van der Waals surface area contributed by atoms with Gasteiger partial charge in [0.25, 0.3) is 0 Å². The summed E-state index contributed by atoms with van der Waals surface area (Å²) >= 11 is 5.77. The summed E-state index contributed by atoms with van der Waals surface area (Å²) in [4.78, 5) is 12.7. The highest BCUT2D eigenvalue weighted by atomic mass is 35.5. The summed E-state index contributed by atoms with van der Waals surface area (Å²) in [6.45, 7) is 0. The number of carbonyl (C=O) groups is 1. The molecule has 0 aliphatic heterocycles. The van der Waals surface area contributed by atoms with E-state index in [1.165, 1.54) is 24.3 Å². The van der Waals surface area contributed by atoms with Crippen LogP contribution in [0.15, 0.2) is 77.7 Å². The molecule has 1 atom stereocenters. The summed E-state index contributed by atoms with van der Waals surface area (Å²) in [6.07, 6.45) is -10.5. The number of carbonyl (C=O) groups excluding carboxylic acids is 1. The Bertz CT molecular complexity index is 1300. The van der Waals surface area contributed by atoms with E-state index < -0.39 is 51.1 Å². The predicted octanol–water partition coefficient (Wildman–Crippen LogP) is 5.91. The van der Waals surface area contributed by atoms with Crippen molar-refractivity contribution in [2.75, 3.05) is 5.32 Å². The molecule has 0 spiro atoms. The molecule has 0 aliphatic rings. The number of amides is 1. The minimum absolute atomic E-state index is 0.0830. The van der Waals surface area contributed by atoms with E-state index in [0.29, 0.717) is 17.7 Å². The van der Waals surface area contributed by atoms with Crippen LogP contribution >= 0.6 is 11.6 Å². The molecule has 0 saturated carbocycles. The van der Waals surface area contributed by atoms with Gasteiger partial charge in [0.1, 0.15) is 6.04 Å². The molecule has 3 aromatic rings. The quantitative estimate of drug-likeness (QED) is 0.359. The SMILES string of the molecule is O=C(Nc1cc(C(F)(F)F)cc(C(F)(F)F)c1)[C@@H](Cc1ccccc1)NS(=O)(=O)c1ccc(Cl)cc1. The lowest BCUT2D eigenvalue weighted by atomic mass is 10.1. The molecule has 2 N–H and O–H groups in total. The number of halogens is 7. The maximum absolute atomic E-state index is 13.2. The number of hydrogen-bond donors (Lipinski definition) is 2. The monoisotopic (exact) mass is 550 g/mol. The average Bonchev–Trinajstić information content (AvgIpc) is 2.78. The van der Waals surface area contributed by atoms with Crippen LogP contribution in [0.3, 0.4) is 0 Å². The van der Waals surface area contributed by atoms with Crippen molar-refractivity contribution < 1.29 is 39.6 Å². The second-order valence-electron chi connectivity index (χ2n) is 7.60. The number of nitrogens with one attached hydrogen (secondary N) is 2. The Hall–Kier alpha value is -3.09. The van der Waals surface area contributed by atoms with Gasteiger partial charge in [0.05, 0.1) is 16.0 Å². The van der Waals surface area contributed by atoms with Crippen LogP contribution in [0.1, 0.15) is 16.7 Å². The Morgan fingerprint density at radius 3 is 1.86 bits per heavy atom. The maximum Gasteiger partial charge on any atom is 0.416 e. The third-order valence-corrected chi connectivity index (χ3v) is 6.62. The van der Waals surface area contributed by atoms with Crippen molar-refractivity contribution in [2.24, 2.45) is 0 Å². The lowest BCUT2D eigenvalue weighted by Gasteiger charge is -2.20. The second kappa shape index (κ2) is 10.5. The summed E-state index contributed by atoms with van der Waals surface area (Å²) < 4.78 is 107. The minimum Gasteiger partial charge on any atom is -0.325 e. The van der Waals surface area contributed by atoms with Crippen LogP contribution in [0, 0.1) is 0 Å². The zero-order chi connectivity index (χ0) is 26.7. The van der Waals surface area contributed by atoms with Crippen LogP contribution < -0.4 is 10.0 Å². The molecule has 3 aromatic carbocycles. The van der Waals surface area contributed by atoms with E-state index in [4.69, 9.17) is 11.6 Å². The topological polar surface area (TPSA) is 75.3 Å². The highest BCUT2D eigenvalue weighted by molar-refractivity contribution is 7.89. The van der Waals surface area contributed by atoms with Crippen molar-refractivity contribution in [3.8, 4) is 0 Å². The third-order valence-electron chi connectivity index (χ3n) is 4.88. The van der Waals surface area contributed by atoms with E-state index in [1.54, 1.807) is 30.3 Å². The number of benzene rings is 3. The molecule has 36 heavy (non-hydrogen) atoms. The van der Waals surface area contributed by atoms with Crippen molar-refractivity contribution in [3.63, 3.8) is 0 Å². The number of sulfonamides is 1. The Morgan fingerprint density at radius 1 is 0.833 bits per heavy atom. The van der Waals surface area contributed by atoms with Gasteiger partial charge in [-0.1, -0.05) is 41.9 Å². The first-order valence-corrected chi connectivity index (χ1v) is 11.9. The van der Waals surface area contributed by atoms with Gasteiger partial charge < -0.3 is 5.32 Å². The highest BCUT2D eigenvalue weighted by Crippen LogP contribution is 2.37. The molecule has 13 heteroatoms. The fraction of sp³-hybridized carbons (Fsp3) is 0.174. The molecular weight excluding hydrogens is 534 g/mol. The standard InChI is InChI=1S/C23H17ClF6N2O3S/c24-17-6-8-19(9-7-17)36(34,35)32-20(10-14-4-2-1-3-5-14)21(33)31-18-12-15(22(25,26)27)11-16(13-18)23(28,29)30/h1-9,11-13,20,32H,10H2,(H,31,33)/t20-/m1/s1. The molecule has 0 fully saturated rings. The van der Waals surface area contributed by atoms with Gasteiger partial charge in [-0.05, 0) is 54.4 Å². The second-order valence-corrected chi connectivity index (χ2v) is 9.75. The molecule has 192 valence electrons. The van der Waals surface area contributed by atoms with Crippen LogP contribution in [-0.2, 0) is 33.6 Å². The minimum atomic E-state index is -5.12. The largest absolute Gasteiger partial charge is 0.416 e. The number of alkyl halides is 6. The summed E-state index contributed by atoms with van der Waals surface area (Å²) in [6, 6.07) is 12.0. The predicted molar refractivity (Wildman–Crippen MR) is 121 cm³/mol. The van der Waals surface area contributed by atoms with E-state index in [-0.39, 0.29) is 22.4 Å². The number of hydrogen-bond acceptors (Lipinski definition) is 3. The van der Waals surface area contributed by atoms with E-state index in [1.807, 2.05) is 5.32 Å². The summed E-state index contributed by atoms with van der Waals surface area (Å²) in [5.74, 6) is -1.16. The molecule has 0 heterocycles. The first-order chi connectivity index (χ1) is 16.6. The van der Waals surface area contributed by atoms with Crippen LogP contribution in [0.4, 0.5) is 32.0 Å². The third kappa shape index (κ3) is 7.21. The molecule has 5 nitrogen and oxygen atoms in total. The van der Waals surface area contributed by atoms with Gasteiger partial charge in [-0.2, -0.15) is 31.1 Å². The van der Waals surface area contributed by atoms with Crippen LogP contribution in [0.2, 0.25) is 5.02 Å². The first kappa shape index (κ1) is 27.5. The van der Waals surface area contributed by atoms with Gasteiger partial charge in [-0.25, -0.2) is 8.42 Å². The lowest BCUT2D eigenvalue weighted by Crippen LogP contribution is -2.45. The molecular formula is C23H17ClF6N2O3S. The fourth-order valence-electron chi connectivity index (χ4n) is 3.16. The van der Waals surface area contributed by atoms with Crippen molar-refractivity contribution in [1.29, 1.82) is 0 Å². The Morgan fingerprint density at radius 2 is 1.36 bits per heavy atom. The molecule has 0 bridgehead atoms. The van der Waals surface area contributed by atoms with Crippen molar-refractivity contribution >= 4 is 33.2 Å². The van der Waals surface area contributed by atoms with E-state index >= 15 is 0 Å². The van der Waals surface area contributed by atoms with Gasteiger partial charge in [-0.15, -0.1) is 0 Å². The lowest BCUT2D eigenvalue weighted by molar-refractivity contribution is -0.143. The first-order valence-electron chi connectivity index (χ1n) is 10.1. The maximum atomic E-state index is 13.2. The molecule has 0 aliphatic carbocycles. The van der Waals surface area contributed by atoms with E-state index in [9.17, 15) is 39.6 Å². The summed E-state index contributed by atoms with van der Waals surface area (Å²) in [7, 11) is -4.33.